The first-order chi connectivity index (χ1) is 13.3. The highest BCUT2D eigenvalue weighted by Crippen LogP contribution is 2.25. The van der Waals surface area contributed by atoms with Crippen LogP contribution in [0.3, 0.4) is 0 Å². The molecule has 0 bridgehead atoms. The first kappa shape index (κ1) is 18.0. The van der Waals surface area contributed by atoms with Gasteiger partial charge in [0.15, 0.2) is 0 Å². The van der Waals surface area contributed by atoms with Gasteiger partial charge in [0.2, 0.25) is 0 Å². The highest BCUT2D eigenvalue weighted by atomic mass is 16.5. The van der Waals surface area contributed by atoms with E-state index in [2.05, 4.69) is 40.2 Å². The molecule has 142 valence electrons. The molecule has 1 amide bonds. The molecule has 0 aliphatic carbocycles. The van der Waals surface area contributed by atoms with E-state index in [1.807, 2.05) is 17.0 Å². The number of carbonyl (C=O) groups excluding carboxylic acids is 1. The van der Waals surface area contributed by atoms with Crippen LogP contribution in [0.5, 0.6) is 0 Å². The summed E-state index contributed by atoms with van der Waals surface area (Å²) in [4.78, 5) is 21.4. The van der Waals surface area contributed by atoms with Gasteiger partial charge < -0.3 is 14.5 Å². The number of aromatic nitrogens is 1. The SMILES string of the molecule is O=C(c1ccnc(N2CCC(Cc3ccccc3)CC2)c1)N1CCOCC1. The van der Waals surface area contributed by atoms with Crippen molar-refractivity contribution in [1.29, 1.82) is 0 Å². The van der Waals surface area contributed by atoms with Crippen molar-refractivity contribution in [2.75, 3.05) is 44.3 Å². The largest absolute Gasteiger partial charge is 0.378 e. The molecule has 5 nitrogen and oxygen atoms in total. The fourth-order valence-corrected chi connectivity index (χ4v) is 3.99. The third kappa shape index (κ3) is 4.48. The van der Waals surface area contributed by atoms with E-state index >= 15 is 0 Å². The Morgan fingerprint density at radius 3 is 2.52 bits per heavy atom. The predicted molar refractivity (Wildman–Crippen MR) is 106 cm³/mol. The fourth-order valence-electron chi connectivity index (χ4n) is 3.99. The minimum atomic E-state index is 0.0842. The van der Waals surface area contributed by atoms with Crippen LogP contribution in [-0.4, -0.2) is 55.2 Å². The second-order valence-electron chi connectivity index (χ2n) is 7.43. The van der Waals surface area contributed by atoms with Gasteiger partial charge in [0, 0.05) is 37.9 Å². The summed E-state index contributed by atoms with van der Waals surface area (Å²) < 4.78 is 5.34. The van der Waals surface area contributed by atoms with Crippen molar-refractivity contribution in [3.05, 3.63) is 59.8 Å². The lowest BCUT2D eigenvalue weighted by Gasteiger charge is -2.33. The number of benzene rings is 1. The molecule has 0 unspecified atom stereocenters. The first-order valence-electron chi connectivity index (χ1n) is 9.91. The van der Waals surface area contributed by atoms with Crippen molar-refractivity contribution in [3.8, 4) is 0 Å². The van der Waals surface area contributed by atoms with Crippen LogP contribution in [0.25, 0.3) is 0 Å². The molecule has 5 heteroatoms. The minimum Gasteiger partial charge on any atom is -0.378 e. The van der Waals surface area contributed by atoms with E-state index in [1.165, 1.54) is 5.56 Å². The topological polar surface area (TPSA) is 45.7 Å². The molecule has 2 fully saturated rings. The zero-order valence-corrected chi connectivity index (χ0v) is 15.7. The van der Waals surface area contributed by atoms with Crippen molar-refractivity contribution in [2.24, 2.45) is 5.92 Å². The molecule has 27 heavy (non-hydrogen) atoms. The molecule has 2 saturated heterocycles. The predicted octanol–water partition coefficient (Wildman–Crippen LogP) is 3.01. The number of anilines is 1. The van der Waals surface area contributed by atoms with Crippen LogP contribution >= 0.6 is 0 Å². The maximum Gasteiger partial charge on any atom is 0.254 e. The lowest BCUT2D eigenvalue weighted by atomic mass is 9.90. The standard InChI is InChI=1S/C22H27N3O2/c26-22(25-12-14-27-15-13-25)20-6-9-23-21(17-20)24-10-7-19(8-11-24)16-18-4-2-1-3-5-18/h1-6,9,17,19H,7-8,10-16H2. The summed E-state index contributed by atoms with van der Waals surface area (Å²) in [7, 11) is 0. The maximum atomic E-state index is 12.7. The Morgan fingerprint density at radius 1 is 1.04 bits per heavy atom. The van der Waals surface area contributed by atoms with Crippen LogP contribution in [0.2, 0.25) is 0 Å². The Labute approximate surface area is 161 Å². The van der Waals surface area contributed by atoms with Gasteiger partial charge >= 0.3 is 0 Å². The normalized spacial score (nSPS) is 18.5. The second-order valence-corrected chi connectivity index (χ2v) is 7.43. The van der Waals surface area contributed by atoms with Gasteiger partial charge in [0.1, 0.15) is 5.82 Å². The quantitative estimate of drug-likeness (QED) is 0.836. The molecule has 0 spiro atoms. The van der Waals surface area contributed by atoms with Crippen molar-refractivity contribution < 1.29 is 9.53 Å². The van der Waals surface area contributed by atoms with Crippen LogP contribution in [-0.2, 0) is 11.2 Å². The third-order valence-electron chi connectivity index (χ3n) is 5.60. The number of piperidine rings is 1. The second kappa shape index (κ2) is 8.53. The van der Waals surface area contributed by atoms with Crippen LogP contribution in [0.4, 0.5) is 5.82 Å². The zero-order chi connectivity index (χ0) is 18.5. The zero-order valence-electron chi connectivity index (χ0n) is 15.7. The molecular weight excluding hydrogens is 338 g/mol. The van der Waals surface area contributed by atoms with E-state index in [0.29, 0.717) is 26.3 Å². The summed E-state index contributed by atoms with van der Waals surface area (Å²) >= 11 is 0. The Bertz CT molecular complexity index is 751. The number of ether oxygens (including phenoxy) is 1. The number of pyridine rings is 1. The average molecular weight is 365 g/mol. The van der Waals surface area contributed by atoms with Crippen LogP contribution in [0.1, 0.15) is 28.8 Å². The molecule has 4 rings (SSSR count). The Balaban J connectivity index is 1.36. The molecule has 0 atom stereocenters. The van der Waals surface area contributed by atoms with E-state index in [0.717, 1.165) is 49.7 Å². The molecular formula is C22H27N3O2. The van der Waals surface area contributed by atoms with Gasteiger partial charge in [-0.3, -0.25) is 4.79 Å². The summed E-state index contributed by atoms with van der Waals surface area (Å²) in [5.74, 6) is 1.73. The van der Waals surface area contributed by atoms with Gasteiger partial charge in [-0.05, 0) is 42.9 Å². The van der Waals surface area contributed by atoms with Gasteiger partial charge in [-0.25, -0.2) is 4.98 Å². The summed E-state index contributed by atoms with van der Waals surface area (Å²) in [6.45, 7) is 4.58. The number of amides is 1. The van der Waals surface area contributed by atoms with Gasteiger partial charge in [-0.1, -0.05) is 30.3 Å². The first-order valence-corrected chi connectivity index (χ1v) is 9.91. The number of hydrogen-bond donors (Lipinski definition) is 0. The van der Waals surface area contributed by atoms with Crippen LogP contribution in [0.15, 0.2) is 48.7 Å². The highest BCUT2D eigenvalue weighted by Gasteiger charge is 2.23. The molecule has 0 radical (unpaired) electrons. The number of carbonyl (C=O) groups is 1. The minimum absolute atomic E-state index is 0.0842. The van der Waals surface area contributed by atoms with Crippen molar-refractivity contribution >= 4 is 11.7 Å². The summed E-state index contributed by atoms with van der Waals surface area (Å²) in [6, 6.07) is 14.5. The Hall–Kier alpha value is -2.40. The lowest BCUT2D eigenvalue weighted by molar-refractivity contribution is 0.0303. The fraction of sp³-hybridized carbons (Fsp3) is 0.455. The Morgan fingerprint density at radius 2 is 1.78 bits per heavy atom. The third-order valence-corrected chi connectivity index (χ3v) is 5.60. The molecule has 2 aliphatic rings. The van der Waals surface area contributed by atoms with E-state index in [-0.39, 0.29) is 5.91 Å². The van der Waals surface area contributed by atoms with Crippen LogP contribution in [0, 0.1) is 5.92 Å². The van der Waals surface area contributed by atoms with E-state index in [4.69, 9.17) is 4.74 Å². The lowest BCUT2D eigenvalue weighted by Crippen LogP contribution is -2.41. The maximum absolute atomic E-state index is 12.7. The highest BCUT2D eigenvalue weighted by molar-refractivity contribution is 5.94. The molecule has 2 aliphatic heterocycles. The molecule has 1 aromatic carbocycles. The number of morpholine rings is 1. The van der Waals surface area contributed by atoms with E-state index in [9.17, 15) is 4.79 Å². The number of hydrogen-bond acceptors (Lipinski definition) is 4. The summed E-state index contributed by atoms with van der Waals surface area (Å²) in [5, 5.41) is 0. The molecule has 0 N–H and O–H groups in total. The van der Waals surface area contributed by atoms with Crippen molar-refractivity contribution in [1.82, 2.24) is 9.88 Å². The molecule has 2 aromatic rings. The van der Waals surface area contributed by atoms with Gasteiger partial charge in [0.05, 0.1) is 13.2 Å². The van der Waals surface area contributed by atoms with E-state index in [1.54, 1.807) is 6.20 Å². The van der Waals surface area contributed by atoms with Crippen LogP contribution < -0.4 is 4.90 Å². The Kier molecular flexibility index (Phi) is 5.68. The molecule has 1 aromatic heterocycles. The summed E-state index contributed by atoms with van der Waals surface area (Å²) in [6.07, 6.45) is 5.24. The number of nitrogens with zero attached hydrogens (tertiary/aromatic N) is 3. The van der Waals surface area contributed by atoms with Gasteiger partial charge in [-0.15, -0.1) is 0 Å². The monoisotopic (exact) mass is 365 g/mol. The summed E-state index contributed by atoms with van der Waals surface area (Å²) in [5.41, 5.74) is 2.15. The molecule has 0 saturated carbocycles. The van der Waals surface area contributed by atoms with E-state index < -0.39 is 0 Å². The van der Waals surface area contributed by atoms with Crippen molar-refractivity contribution in [2.45, 2.75) is 19.3 Å². The molecule has 3 heterocycles. The number of rotatable bonds is 4. The smallest absolute Gasteiger partial charge is 0.254 e. The van der Waals surface area contributed by atoms with Gasteiger partial charge in [0.25, 0.3) is 5.91 Å². The van der Waals surface area contributed by atoms with Gasteiger partial charge in [-0.2, -0.15) is 0 Å². The average Bonchev–Trinajstić information content (AvgIpc) is 2.75. The van der Waals surface area contributed by atoms with Crippen molar-refractivity contribution in [3.63, 3.8) is 0 Å².